The Balaban J connectivity index is 2.04. The third-order valence-corrected chi connectivity index (χ3v) is 4.40. The highest BCUT2D eigenvalue weighted by molar-refractivity contribution is 5.21. The maximum absolute atomic E-state index is 5.47. The van der Waals surface area contributed by atoms with Crippen LogP contribution in [-0.2, 0) is 4.74 Å². The molecule has 0 spiro atoms. The first-order valence-electron chi connectivity index (χ1n) is 7.54. The number of benzene rings is 1. The molecule has 0 amide bonds. The number of hydrogen-bond acceptors (Lipinski definition) is 3. The summed E-state index contributed by atoms with van der Waals surface area (Å²) < 4.78 is 5.47. The SMILES string of the molecule is CNC(c1ccccc1)C(C)(C)CN1CCC(OC)C1. The molecule has 0 saturated carbocycles. The van der Waals surface area contributed by atoms with E-state index in [4.69, 9.17) is 4.74 Å². The van der Waals surface area contributed by atoms with Crippen molar-refractivity contribution < 1.29 is 4.74 Å². The van der Waals surface area contributed by atoms with E-state index >= 15 is 0 Å². The Bertz CT molecular complexity index is 405. The summed E-state index contributed by atoms with van der Waals surface area (Å²) in [5, 5.41) is 3.50. The lowest BCUT2D eigenvalue weighted by Crippen LogP contribution is -2.41. The zero-order valence-electron chi connectivity index (χ0n) is 13.2. The zero-order valence-corrected chi connectivity index (χ0v) is 13.2. The number of nitrogens with one attached hydrogen (secondary N) is 1. The number of likely N-dealkylation sites (tertiary alicyclic amines) is 1. The van der Waals surface area contributed by atoms with E-state index in [1.54, 1.807) is 0 Å². The summed E-state index contributed by atoms with van der Waals surface area (Å²) in [7, 11) is 3.88. The second-order valence-electron chi connectivity index (χ2n) is 6.50. The average Bonchev–Trinajstić information content (AvgIpc) is 2.87. The number of nitrogens with zero attached hydrogens (tertiary/aromatic N) is 1. The van der Waals surface area contributed by atoms with Crippen molar-refractivity contribution in [2.45, 2.75) is 32.4 Å². The van der Waals surface area contributed by atoms with Gasteiger partial charge in [0.25, 0.3) is 0 Å². The molecule has 2 atom stereocenters. The van der Waals surface area contributed by atoms with Crippen LogP contribution in [0.25, 0.3) is 0 Å². The van der Waals surface area contributed by atoms with Gasteiger partial charge in [0.05, 0.1) is 6.10 Å². The third-order valence-electron chi connectivity index (χ3n) is 4.40. The van der Waals surface area contributed by atoms with Crippen LogP contribution in [0.15, 0.2) is 30.3 Å². The fraction of sp³-hybridized carbons (Fsp3) is 0.647. The molecule has 2 rings (SSSR count). The second-order valence-corrected chi connectivity index (χ2v) is 6.50. The first-order chi connectivity index (χ1) is 9.56. The molecule has 3 heteroatoms. The normalized spacial score (nSPS) is 22.1. The first-order valence-corrected chi connectivity index (χ1v) is 7.54. The van der Waals surface area contributed by atoms with Crippen molar-refractivity contribution in [1.82, 2.24) is 10.2 Å². The Hall–Kier alpha value is -0.900. The lowest BCUT2D eigenvalue weighted by Gasteiger charge is -2.37. The highest BCUT2D eigenvalue weighted by Gasteiger charge is 2.34. The molecule has 0 aromatic heterocycles. The summed E-state index contributed by atoms with van der Waals surface area (Å²) in [5.41, 5.74) is 1.54. The van der Waals surface area contributed by atoms with E-state index < -0.39 is 0 Å². The molecule has 1 aliphatic rings. The van der Waals surface area contributed by atoms with Crippen molar-refractivity contribution in [1.29, 1.82) is 0 Å². The molecular weight excluding hydrogens is 248 g/mol. The molecule has 0 radical (unpaired) electrons. The van der Waals surface area contributed by atoms with Gasteiger partial charge < -0.3 is 15.0 Å². The molecule has 2 unspecified atom stereocenters. The van der Waals surface area contributed by atoms with Crippen LogP contribution in [-0.4, -0.2) is 44.8 Å². The monoisotopic (exact) mass is 276 g/mol. The summed E-state index contributed by atoms with van der Waals surface area (Å²) in [4.78, 5) is 2.53. The number of hydrogen-bond donors (Lipinski definition) is 1. The molecule has 1 fully saturated rings. The van der Waals surface area contributed by atoms with Crippen molar-refractivity contribution in [3.63, 3.8) is 0 Å². The summed E-state index contributed by atoms with van der Waals surface area (Å²) in [6.07, 6.45) is 1.57. The molecule has 0 bridgehead atoms. The van der Waals surface area contributed by atoms with E-state index in [0.717, 1.165) is 26.1 Å². The predicted octanol–water partition coefficient (Wildman–Crippen LogP) is 2.69. The molecule has 0 aliphatic carbocycles. The van der Waals surface area contributed by atoms with E-state index in [1.807, 2.05) is 7.11 Å². The molecule has 112 valence electrons. The summed E-state index contributed by atoms with van der Waals surface area (Å²) >= 11 is 0. The van der Waals surface area contributed by atoms with E-state index in [-0.39, 0.29) is 5.41 Å². The van der Waals surface area contributed by atoms with Gasteiger partial charge in [-0.3, -0.25) is 0 Å². The molecule has 1 aromatic rings. The van der Waals surface area contributed by atoms with E-state index in [2.05, 4.69) is 61.4 Å². The lowest BCUT2D eigenvalue weighted by molar-refractivity contribution is 0.0954. The van der Waals surface area contributed by atoms with Crippen molar-refractivity contribution in [2.24, 2.45) is 5.41 Å². The largest absolute Gasteiger partial charge is 0.380 e. The van der Waals surface area contributed by atoms with Crippen LogP contribution in [0.1, 0.15) is 31.9 Å². The quantitative estimate of drug-likeness (QED) is 0.864. The molecule has 1 heterocycles. The van der Waals surface area contributed by atoms with Crippen molar-refractivity contribution in [3.8, 4) is 0 Å². The topological polar surface area (TPSA) is 24.5 Å². The van der Waals surface area contributed by atoms with Crippen LogP contribution < -0.4 is 5.32 Å². The minimum absolute atomic E-state index is 0.179. The molecule has 3 nitrogen and oxygen atoms in total. The summed E-state index contributed by atoms with van der Waals surface area (Å²) in [6, 6.07) is 11.1. The van der Waals surface area contributed by atoms with Gasteiger partial charge in [0, 0.05) is 32.8 Å². The zero-order chi connectivity index (χ0) is 14.6. The van der Waals surface area contributed by atoms with Gasteiger partial charge in [-0.25, -0.2) is 0 Å². The highest BCUT2D eigenvalue weighted by Crippen LogP contribution is 2.34. The van der Waals surface area contributed by atoms with Gasteiger partial charge in [-0.2, -0.15) is 0 Å². The van der Waals surface area contributed by atoms with Crippen molar-refractivity contribution >= 4 is 0 Å². The Morgan fingerprint density at radius 1 is 1.35 bits per heavy atom. The third kappa shape index (κ3) is 3.60. The van der Waals surface area contributed by atoms with E-state index in [9.17, 15) is 0 Å². The van der Waals surface area contributed by atoms with Crippen LogP contribution in [0.2, 0.25) is 0 Å². The van der Waals surface area contributed by atoms with Crippen molar-refractivity contribution in [2.75, 3.05) is 33.8 Å². The first kappa shape index (κ1) is 15.5. The maximum Gasteiger partial charge on any atom is 0.0710 e. The van der Waals surface area contributed by atoms with Gasteiger partial charge in [-0.05, 0) is 24.4 Å². The standard InChI is InChI=1S/C17H28N2O/c1-17(2,13-19-11-10-15(12-19)20-4)16(18-3)14-8-6-5-7-9-14/h5-9,15-16,18H,10-13H2,1-4H3. The van der Waals surface area contributed by atoms with Gasteiger partial charge in [-0.15, -0.1) is 0 Å². The van der Waals surface area contributed by atoms with Gasteiger partial charge >= 0.3 is 0 Å². The van der Waals surface area contributed by atoms with Crippen LogP contribution in [0.5, 0.6) is 0 Å². The van der Waals surface area contributed by atoms with E-state index in [1.165, 1.54) is 5.56 Å². The summed E-state index contributed by atoms with van der Waals surface area (Å²) in [6.45, 7) is 7.99. The molecule has 1 N–H and O–H groups in total. The molecule has 1 saturated heterocycles. The van der Waals surface area contributed by atoms with Crippen LogP contribution >= 0.6 is 0 Å². The Kier molecular flexibility index (Phi) is 5.19. The van der Waals surface area contributed by atoms with E-state index in [0.29, 0.717) is 12.1 Å². The van der Waals surface area contributed by atoms with Gasteiger partial charge in [0.15, 0.2) is 0 Å². The fourth-order valence-electron chi connectivity index (χ4n) is 3.45. The average molecular weight is 276 g/mol. The fourth-order valence-corrected chi connectivity index (χ4v) is 3.45. The molecule has 1 aliphatic heterocycles. The number of rotatable bonds is 6. The predicted molar refractivity (Wildman–Crippen MR) is 83.9 cm³/mol. The van der Waals surface area contributed by atoms with Crippen molar-refractivity contribution in [3.05, 3.63) is 35.9 Å². The van der Waals surface area contributed by atoms with Gasteiger partial charge in [0.2, 0.25) is 0 Å². The Morgan fingerprint density at radius 3 is 2.60 bits per heavy atom. The van der Waals surface area contributed by atoms with Crippen LogP contribution in [0, 0.1) is 5.41 Å². The van der Waals surface area contributed by atoms with Gasteiger partial charge in [-0.1, -0.05) is 44.2 Å². The van der Waals surface area contributed by atoms with Gasteiger partial charge in [0.1, 0.15) is 0 Å². The highest BCUT2D eigenvalue weighted by atomic mass is 16.5. The Labute approximate surface area is 123 Å². The Morgan fingerprint density at radius 2 is 2.05 bits per heavy atom. The molecule has 20 heavy (non-hydrogen) atoms. The lowest BCUT2D eigenvalue weighted by atomic mass is 9.80. The molecular formula is C17H28N2O. The minimum atomic E-state index is 0.179. The van der Waals surface area contributed by atoms with Crippen LogP contribution in [0.4, 0.5) is 0 Å². The number of methoxy groups -OCH3 is 1. The minimum Gasteiger partial charge on any atom is -0.380 e. The maximum atomic E-state index is 5.47. The summed E-state index contributed by atoms with van der Waals surface area (Å²) in [5.74, 6) is 0. The molecule has 1 aromatic carbocycles. The smallest absolute Gasteiger partial charge is 0.0710 e. The van der Waals surface area contributed by atoms with Crippen LogP contribution in [0.3, 0.4) is 0 Å². The second kappa shape index (κ2) is 6.70. The number of ether oxygens (including phenoxy) is 1.